The van der Waals surface area contributed by atoms with Gasteiger partial charge in [0, 0.05) is 44.2 Å². The standard InChI is InChI=1S/C33H41N3O5/c1-4-41-21-9-18-34-32(37)27-23-26(35-33(38)31-29(39-2)12-8-13-30(31)40-3)14-15-28(27)36-19-16-25(17-20-36)22-24-10-6-5-7-11-24/h5-8,10-15,23,25H,4,9,16-22H2,1-3H3,(H,34,37)(H,35,38). The fraction of sp³-hybridized carbons (Fsp3) is 0.394. The third kappa shape index (κ3) is 8.01. The van der Waals surface area contributed by atoms with Gasteiger partial charge < -0.3 is 29.7 Å². The van der Waals surface area contributed by atoms with Gasteiger partial charge in [0.2, 0.25) is 0 Å². The number of ether oxygens (including phenoxy) is 3. The fourth-order valence-electron chi connectivity index (χ4n) is 5.28. The molecule has 218 valence electrons. The first-order valence-corrected chi connectivity index (χ1v) is 14.3. The van der Waals surface area contributed by atoms with E-state index < -0.39 is 0 Å². The Bertz CT molecular complexity index is 1270. The topological polar surface area (TPSA) is 89.1 Å². The Morgan fingerprint density at radius 3 is 2.27 bits per heavy atom. The number of anilines is 2. The summed E-state index contributed by atoms with van der Waals surface area (Å²) >= 11 is 0. The number of carbonyl (C=O) groups is 2. The van der Waals surface area contributed by atoms with E-state index in [-0.39, 0.29) is 11.8 Å². The van der Waals surface area contributed by atoms with Crippen LogP contribution in [0.4, 0.5) is 11.4 Å². The van der Waals surface area contributed by atoms with Crippen molar-refractivity contribution in [3.05, 3.63) is 83.4 Å². The predicted molar refractivity (Wildman–Crippen MR) is 162 cm³/mol. The molecule has 1 aliphatic rings. The van der Waals surface area contributed by atoms with E-state index >= 15 is 0 Å². The number of nitrogens with zero attached hydrogens (tertiary/aromatic N) is 1. The molecule has 41 heavy (non-hydrogen) atoms. The number of rotatable bonds is 13. The molecule has 3 aromatic carbocycles. The summed E-state index contributed by atoms with van der Waals surface area (Å²) in [5.74, 6) is 0.873. The van der Waals surface area contributed by atoms with Gasteiger partial charge in [-0.3, -0.25) is 9.59 Å². The van der Waals surface area contributed by atoms with Crippen molar-refractivity contribution in [3.8, 4) is 11.5 Å². The molecule has 0 bridgehead atoms. The summed E-state index contributed by atoms with van der Waals surface area (Å²) in [7, 11) is 3.02. The minimum Gasteiger partial charge on any atom is -0.496 e. The molecular weight excluding hydrogens is 518 g/mol. The Morgan fingerprint density at radius 2 is 1.61 bits per heavy atom. The van der Waals surface area contributed by atoms with E-state index in [0.29, 0.717) is 54.0 Å². The molecule has 0 aromatic heterocycles. The lowest BCUT2D eigenvalue weighted by Crippen LogP contribution is -2.36. The minimum absolute atomic E-state index is 0.172. The summed E-state index contributed by atoms with van der Waals surface area (Å²) in [4.78, 5) is 29.0. The molecule has 8 heteroatoms. The molecule has 1 fully saturated rings. The lowest BCUT2D eigenvalue weighted by Gasteiger charge is -2.35. The number of hydrogen-bond donors (Lipinski definition) is 2. The van der Waals surface area contributed by atoms with Crippen molar-refractivity contribution in [2.75, 3.05) is 57.3 Å². The maximum absolute atomic E-state index is 13.4. The summed E-state index contributed by atoms with van der Waals surface area (Å²) in [6.45, 7) is 5.44. The zero-order chi connectivity index (χ0) is 29.0. The molecule has 4 rings (SSSR count). The second kappa shape index (κ2) is 15.1. The largest absolute Gasteiger partial charge is 0.496 e. The zero-order valence-electron chi connectivity index (χ0n) is 24.3. The Balaban J connectivity index is 1.52. The normalized spacial score (nSPS) is 13.5. The van der Waals surface area contributed by atoms with Gasteiger partial charge in [0.25, 0.3) is 11.8 Å². The van der Waals surface area contributed by atoms with E-state index in [4.69, 9.17) is 14.2 Å². The second-order valence-corrected chi connectivity index (χ2v) is 10.2. The third-order valence-corrected chi connectivity index (χ3v) is 7.43. The van der Waals surface area contributed by atoms with Crippen molar-refractivity contribution < 1.29 is 23.8 Å². The van der Waals surface area contributed by atoms with Crippen LogP contribution in [0.1, 0.15) is 52.5 Å². The molecule has 1 aliphatic heterocycles. The van der Waals surface area contributed by atoms with Crippen LogP contribution in [-0.2, 0) is 11.2 Å². The third-order valence-electron chi connectivity index (χ3n) is 7.43. The van der Waals surface area contributed by atoms with E-state index in [1.54, 1.807) is 24.3 Å². The first-order valence-electron chi connectivity index (χ1n) is 14.3. The fourth-order valence-corrected chi connectivity index (χ4v) is 5.28. The summed E-state index contributed by atoms with van der Waals surface area (Å²) in [6, 6.07) is 21.3. The lowest BCUT2D eigenvalue weighted by molar-refractivity contribution is 0.0943. The maximum Gasteiger partial charge on any atom is 0.263 e. The molecule has 0 spiro atoms. The van der Waals surface area contributed by atoms with Gasteiger partial charge in [0.1, 0.15) is 17.1 Å². The lowest BCUT2D eigenvalue weighted by atomic mass is 9.89. The van der Waals surface area contributed by atoms with Gasteiger partial charge in [-0.1, -0.05) is 36.4 Å². The molecule has 0 aliphatic carbocycles. The van der Waals surface area contributed by atoms with E-state index in [2.05, 4.69) is 45.9 Å². The summed E-state index contributed by atoms with van der Waals surface area (Å²) in [5, 5.41) is 5.96. The summed E-state index contributed by atoms with van der Waals surface area (Å²) in [5.41, 5.74) is 3.59. The Labute approximate surface area is 243 Å². The highest BCUT2D eigenvalue weighted by Gasteiger charge is 2.25. The molecule has 3 aromatic rings. The van der Waals surface area contributed by atoms with Gasteiger partial charge in [-0.05, 0) is 74.4 Å². The molecule has 0 atom stereocenters. The van der Waals surface area contributed by atoms with Crippen molar-refractivity contribution in [3.63, 3.8) is 0 Å². The van der Waals surface area contributed by atoms with E-state index in [1.165, 1.54) is 19.8 Å². The molecule has 0 unspecified atom stereocenters. The zero-order valence-corrected chi connectivity index (χ0v) is 24.3. The molecule has 1 heterocycles. The Morgan fingerprint density at radius 1 is 0.902 bits per heavy atom. The number of piperidine rings is 1. The highest BCUT2D eigenvalue weighted by Crippen LogP contribution is 2.32. The predicted octanol–water partition coefficient (Wildman–Crippen LogP) is 5.57. The van der Waals surface area contributed by atoms with Gasteiger partial charge in [0.15, 0.2) is 0 Å². The van der Waals surface area contributed by atoms with Crippen molar-refractivity contribution in [1.29, 1.82) is 0 Å². The van der Waals surface area contributed by atoms with E-state index in [0.717, 1.165) is 44.5 Å². The Hall–Kier alpha value is -4.04. The smallest absolute Gasteiger partial charge is 0.263 e. The number of amides is 2. The molecule has 2 N–H and O–H groups in total. The highest BCUT2D eigenvalue weighted by molar-refractivity contribution is 6.09. The molecule has 8 nitrogen and oxygen atoms in total. The van der Waals surface area contributed by atoms with Gasteiger partial charge in [-0.2, -0.15) is 0 Å². The van der Waals surface area contributed by atoms with Crippen LogP contribution in [0.15, 0.2) is 66.7 Å². The summed E-state index contributed by atoms with van der Waals surface area (Å²) < 4.78 is 16.2. The van der Waals surface area contributed by atoms with Gasteiger partial charge in [-0.25, -0.2) is 0 Å². The van der Waals surface area contributed by atoms with Crippen LogP contribution in [0.25, 0.3) is 0 Å². The summed E-state index contributed by atoms with van der Waals surface area (Å²) in [6.07, 6.45) is 3.90. The highest BCUT2D eigenvalue weighted by atomic mass is 16.5. The van der Waals surface area contributed by atoms with Crippen LogP contribution in [0.2, 0.25) is 0 Å². The van der Waals surface area contributed by atoms with Crippen LogP contribution >= 0.6 is 0 Å². The number of methoxy groups -OCH3 is 2. The monoisotopic (exact) mass is 559 g/mol. The van der Waals surface area contributed by atoms with Crippen molar-refractivity contribution in [2.45, 2.75) is 32.6 Å². The van der Waals surface area contributed by atoms with E-state index in [1.807, 2.05) is 19.1 Å². The molecule has 0 radical (unpaired) electrons. The van der Waals surface area contributed by atoms with Crippen molar-refractivity contribution in [2.24, 2.45) is 5.92 Å². The van der Waals surface area contributed by atoms with Gasteiger partial charge in [0.05, 0.1) is 19.8 Å². The number of carbonyl (C=O) groups excluding carboxylic acids is 2. The van der Waals surface area contributed by atoms with Crippen LogP contribution in [0.5, 0.6) is 11.5 Å². The molecule has 1 saturated heterocycles. The average Bonchev–Trinajstić information content (AvgIpc) is 3.01. The average molecular weight is 560 g/mol. The van der Waals surface area contributed by atoms with Crippen LogP contribution in [0.3, 0.4) is 0 Å². The number of nitrogens with one attached hydrogen (secondary N) is 2. The SMILES string of the molecule is CCOCCCNC(=O)c1cc(NC(=O)c2c(OC)cccc2OC)ccc1N1CCC(Cc2ccccc2)CC1. The van der Waals surface area contributed by atoms with Crippen molar-refractivity contribution >= 4 is 23.2 Å². The van der Waals surface area contributed by atoms with Gasteiger partial charge >= 0.3 is 0 Å². The van der Waals surface area contributed by atoms with Crippen LogP contribution in [-0.4, -0.2) is 58.9 Å². The quantitative estimate of drug-likeness (QED) is 0.266. The van der Waals surface area contributed by atoms with E-state index in [9.17, 15) is 9.59 Å². The number of hydrogen-bond acceptors (Lipinski definition) is 6. The van der Waals surface area contributed by atoms with Crippen molar-refractivity contribution in [1.82, 2.24) is 5.32 Å². The minimum atomic E-state index is -0.378. The first-order chi connectivity index (χ1) is 20.0. The van der Waals surface area contributed by atoms with Crippen LogP contribution in [0, 0.1) is 5.92 Å². The maximum atomic E-state index is 13.4. The molecular formula is C33H41N3O5. The van der Waals surface area contributed by atoms with Gasteiger partial charge in [-0.15, -0.1) is 0 Å². The van der Waals surface area contributed by atoms with Crippen LogP contribution < -0.4 is 25.0 Å². The molecule has 0 saturated carbocycles. The first kappa shape index (κ1) is 29.9. The Kier molecular flexibility index (Phi) is 11.0. The molecule has 2 amide bonds. The number of benzene rings is 3. The second-order valence-electron chi connectivity index (χ2n) is 10.2.